The SMILES string of the molecule is Nc1c2ccccc2nc(=O)n1Cc1ccc(F)cc1. The smallest absolute Gasteiger partial charge is 0.350 e. The van der Waals surface area contributed by atoms with Crippen LogP contribution in [0.25, 0.3) is 10.9 Å². The molecule has 0 unspecified atom stereocenters. The first-order valence-corrected chi connectivity index (χ1v) is 6.14. The summed E-state index contributed by atoms with van der Waals surface area (Å²) in [5, 5.41) is 0.731. The number of para-hydroxylation sites is 1. The maximum absolute atomic E-state index is 12.9. The molecule has 2 N–H and O–H groups in total. The van der Waals surface area contributed by atoms with Gasteiger partial charge in [-0.3, -0.25) is 4.57 Å². The molecular weight excluding hydrogens is 257 g/mol. The van der Waals surface area contributed by atoms with Crippen molar-refractivity contribution in [1.82, 2.24) is 9.55 Å². The van der Waals surface area contributed by atoms with E-state index in [1.165, 1.54) is 16.7 Å². The van der Waals surface area contributed by atoms with Crippen molar-refractivity contribution in [3.8, 4) is 0 Å². The van der Waals surface area contributed by atoms with Gasteiger partial charge in [0.25, 0.3) is 0 Å². The van der Waals surface area contributed by atoms with E-state index in [9.17, 15) is 9.18 Å². The van der Waals surface area contributed by atoms with Crippen LogP contribution in [0.3, 0.4) is 0 Å². The van der Waals surface area contributed by atoms with Crippen molar-refractivity contribution in [1.29, 1.82) is 0 Å². The standard InChI is InChI=1S/C15H12FN3O/c16-11-7-5-10(6-8-11)9-19-14(17)12-3-1-2-4-13(12)18-15(19)20/h1-8H,9,17H2. The van der Waals surface area contributed by atoms with Crippen LogP contribution in [-0.4, -0.2) is 9.55 Å². The van der Waals surface area contributed by atoms with Crippen LogP contribution in [0.15, 0.2) is 53.3 Å². The molecule has 1 aromatic heterocycles. The van der Waals surface area contributed by atoms with Crippen molar-refractivity contribution in [3.63, 3.8) is 0 Å². The molecule has 0 amide bonds. The Morgan fingerprint density at radius 1 is 1.10 bits per heavy atom. The van der Waals surface area contributed by atoms with Crippen molar-refractivity contribution in [2.75, 3.05) is 5.73 Å². The minimum Gasteiger partial charge on any atom is -0.384 e. The fourth-order valence-electron chi connectivity index (χ4n) is 2.12. The van der Waals surface area contributed by atoms with E-state index in [0.29, 0.717) is 11.3 Å². The number of hydrogen-bond acceptors (Lipinski definition) is 3. The van der Waals surface area contributed by atoms with Gasteiger partial charge < -0.3 is 5.73 Å². The van der Waals surface area contributed by atoms with Gasteiger partial charge in [-0.25, -0.2) is 9.18 Å². The molecule has 3 aromatic rings. The molecule has 0 fully saturated rings. The molecule has 100 valence electrons. The Bertz CT molecular complexity index is 825. The van der Waals surface area contributed by atoms with Crippen molar-refractivity contribution < 1.29 is 4.39 Å². The van der Waals surface area contributed by atoms with Crippen LogP contribution in [-0.2, 0) is 6.54 Å². The molecule has 0 bridgehead atoms. The van der Waals surface area contributed by atoms with Crippen LogP contribution in [0.5, 0.6) is 0 Å². The first-order valence-electron chi connectivity index (χ1n) is 6.14. The van der Waals surface area contributed by atoms with Crippen LogP contribution in [0, 0.1) is 5.82 Å². The van der Waals surface area contributed by atoms with Gasteiger partial charge in [-0.2, -0.15) is 4.98 Å². The maximum Gasteiger partial charge on any atom is 0.350 e. The van der Waals surface area contributed by atoms with Crippen LogP contribution < -0.4 is 11.4 Å². The number of benzene rings is 2. The molecule has 0 atom stereocenters. The molecule has 3 rings (SSSR count). The Kier molecular flexibility index (Phi) is 2.95. The van der Waals surface area contributed by atoms with Gasteiger partial charge in [0.2, 0.25) is 0 Å². The second kappa shape index (κ2) is 4.77. The van der Waals surface area contributed by atoms with E-state index in [-0.39, 0.29) is 12.4 Å². The highest BCUT2D eigenvalue weighted by Crippen LogP contribution is 2.17. The Balaban J connectivity index is 2.11. The Labute approximate surface area is 114 Å². The Morgan fingerprint density at radius 2 is 1.80 bits per heavy atom. The molecule has 20 heavy (non-hydrogen) atoms. The van der Waals surface area contributed by atoms with Crippen LogP contribution in [0.4, 0.5) is 10.2 Å². The third kappa shape index (κ3) is 2.14. The predicted octanol–water partition coefficient (Wildman–Crippen LogP) is 2.17. The van der Waals surface area contributed by atoms with Crippen molar-refractivity contribution in [2.45, 2.75) is 6.54 Å². The van der Waals surface area contributed by atoms with E-state index in [1.54, 1.807) is 24.3 Å². The number of aromatic nitrogens is 2. The number of rotatable bonds is 2. The van der Waals surface area contributed by atoms with Crippen LogP contribution in [0.2, 0.25) is 0 Å². The normalized spacial score (nSPS) is 10.8. The molecule has 2 aromatic carbocycles. The zero-order chi connectivity index (χ0) is 14.1. The monoisotopic (exact) mass is 269 g/mol. The van der Waals surface area contributed by atoms with Gasteiger partial charge in [-0.15, -0.1) is 0 Å². The number of fused-ring (bicyclic) bond motifs is 1. The number of anilines is 1. The van der Waals surface area contributed by atoms with Crippen molar-refractivity contribution in [2.24, 2.45) is 0 Å². The first-order chi connectivity index (χ1) is 9.65. The quantitative estimate of drug-likeness (QED) is 0.775. The predicted molar refractivity (Wildman–Crippen MR) is 75.9 cm³/mol. The van der Waals surface area contributed by atoms with Crippen LogP contribution >= 0.6 is 0 Å². The number of nitrogen functional groups attached to an aromatic ring is 1. The summed E-state index contributed by atoms with van der Waals surface area (Å²) in [7, 11) is 0. The number of nitrogens with zero attached hydrogens (tertiary/aromatic N) is 2. The van der Waals surface area contributed by atoms with Crippen LogP contribution in [0.1, 0.15) is 5.56 Å². The molecule has 1 heterocycles. The molecule has 0 saturated carbocycles. The average molecular weight is 269 g/mol. The molecular formula is C15H12FN3O. The third-order valence-corrected chi connectivity index (χ3v) is 3.17. The molecule has 0 spiro atoms. The van der Waals surface area contributed by atoms with Gasteiger partial charge in [0.05, 0.1) is 12.1 Å². The summed E-state index contributed by atoms with van der Waals surface area (Å²) in [5.74, 6) is 0.0515. The molecule has 4 nitrogen and oxygen atoms in total. The summed E-state index contributed by atoms with van der Waals surface area (Å²) in [5.41, 5.74) is 7.00. The summed E-state index contributed by atoms with van der Waals surface area (Å²) in [6.07, 6.45) is 0. The van der Waals surface area contributed by atoms with Gasteiger partial charge >= 0.3 is 5.69 Å². The molecule has 0 aliphatic carbocycles. The van der Waals surface area contributed by atoms with E-state index in [0.717, 1.165) is 10.9 Å². The first kappa shape index (κ1) is 12.3. The molecule has 0 radical (unpaired) electrons. The summed E-state index contributed by atoms with van der Waals surface area (Å²) in [6.45, 7) is 0.267. The average Bonchev–Trinajstić information content (AvgIpc) is 2.45. The topological polar surface area (TPSA) is 60.9 Å². The van der Waals surface area contributed by atoms with E-state index in [1.807, 2.05) is 12.1 Å². The fourth-order valence-corrected chi connectivity index (χ4v) is 2.12. The molecule has 0 saturated heterocycles. The largest absolute Gasteiger partial charge is 0.384 e. The van der Waals surface area contributed by atoms with Gasteiger partial charge in [-0.05, 0) is 29.8 Å². The summed E-state index contributed by atoms with van der Waals surface area (Å²) >= 11 is 0. The Hall–Kier alpha value is -2.69. The molecule has 0 aliphatic heterocycles. The third-order valence-electron chi connectivity index (χ3n) is 3.17. The van der Waals surface area contributed by atoms with Gasteiger partial charge in [0.15, 0.2) is 0 Å². The highest BCUT2D eigenvalue weighted by Gasteiger charge is 2.08. The lowest BCUT2D eigenvalue weighted by molar-refractivity contribution is 0.626. The van der Waals surface area contributed by atoms with Gasteiger partial charge in [-0.1, -0.05) is 24.3 Å². The summed E-state index contributed by atoms with van der Waals surface area (Å²) < 4.78 is 14.3. The second-order valence-corrected chi connectivity index (χ2v) is 4.51. The zero-order valence-corrected chi connectivity index (χ0v) is 10.6. The summed E-state index contributed by atoms with van der Waals surface area (Å²) in [6, 6.07) is 13.2. The second-order valence-electron chi connectivity index (χ2n) is 4.51. The summed E-state index contributed by atoms with van der Waals surface area (Å²) in [4.78, 5) is 16.0. The fraction of sp³-hybridized carbons (Fsp3) is 0.0667. The molecule has 0 aliphatic rings. The van der Waals surface area contributed by atoms with E-state index >= 15 is 0 Å². The highest BCUT2D eigenvalue weighted by atomic mass is 19.1. The lowest BCUT2D eigenvalue weighted by Crippen LogP contribution is -2.26. The minimum absolute atomic E-state index is 0.267. The maximum atomic E-state index is 12.9. The zero-order valence-electron chi connectivity index (χ0n) is 10.6. The minimum atomic E-state index is -0.412. The molecule has 5 heteroatoms. The highest BCUT2D eigenvalue weighted by molar-refractivity contribution is 5.87. The number of halogens is 1. The number of nitrogens with two attached hydrogens (primary N) is 1. The van der Waals surface area contributed by atoms with E-state index < -0.39 is 5.69 Å². The van der Waals surface area contributed by atoms with E-state index in [4.69, 9.17) is 5.73 Å². The number of hydrogen-bond donors (Lipinski definition) is 1. The van der Waals surface area contributed by atoms with Gasteiger partial charge in [0, 0.05) is 5.39 Å². The Morgan fingerprint density at radius 3 is 2.55 bits per heavy atom. The van der Waals surface area contributed by atoms with Gasteiger partial charge in [0.1, 0.15) is 11.6 Å². The lowest BCUT2D eigenvalue weighted by atomic mass is 10.2. The lowest BCUT2D eigenvalue weighted by Gasteiger charge is -2.11. The van der Waals surface area contributed by atoms with Crippen molar-refractivity contribution in [3.05, 3.63) is 70.4 Å². The van der Waals surface area contributed by atoms with Crippen molar-refractivity contribution >= 4 is 16.7 Å². The van der Waals surface area contributed by atoms with E-state index in [2.05, 4.69) is 4.98 Å².